The minimum Gasteiger partial charge on any atom is -0.370 e. The van der Waals surface area contributed by atoms with Crippen LogP contribution in [-0.2, 0) is 10.4 Å². The van der Waals surface area contributed by atoms with E-state index in [-0.39, 0.29) is 5.96 Å². The Morgan fingerprint density at radius 3 is 2.17 bits per heavy atom. The van der Waals surface area contributed by atoms with Crippen molar-refractivity contribution in [1.29, 1.82) is 0 Å². The molecular weight excluding hydrogens is 260 g/mol. The van der Waals surface area contributed by atoms with E-state index < -0.39 is 10.4 Å². The van der Waals surface area contributed by atoms with Crippen LogP contribution in [0.25, 0.3) is 0 Å². The van der Waals surface area contributed by atoms with Gasteiger partial charge in [0.25, 0.3) is 0 Å². The second kappa shape index (κ2) is 8.25. The van der Waals surface area contributed by atoms with Gasteiger partial charge in [-0.25, -0.2) is 0 Å². The van der Waals surface area contributed by atoms with Gasteiger partial charge in [-0.1, -0.05) is 6.92 Å². The molecule has 0 radical (unpaired) electrons. The molecule has 0 aliphatic carbocycles. The number of likely N-dealkylation sites (tertiary alicyclic amines) is 1. The summed E-state index contributed by atoms with van der Waals surface area (Å²) in [5.41, 5.74) is 10.5. The molecular formula is C9H22N4O4S. The monoisotopic (exact) mass is 282 g/mol. The number of aliphatic imine (C=N–C) groups is 1. The normalized spacial score (nSPS) is 17.7. The van der Waals surface area contributed by atoms with Crippen molar-refractivity contribution < 1.29 is 17.5 Å². The summed E-state index contributed by atoms with van der Waals surface area (Å²) in [7, 11) is -4.67. The molecule has 1 heterocycles. The molecule has 0 aromatic rings. The highest BCUT2D eigenvalue weighted by Crippen LogP contribution is 2.15. The van der Waals surface area contributed by atoms with E-state index in [9.17, 15) is 0 Å². The van der Waals surface area contributed by atoms with E-state index in [1.807, 2.05) is 0 Å². The Balaban J connectivity index is 0.000000494. The molecule has 108 valence electrons. The number of rotatable bonds is 3. The first-order valence-electron chi connectivity index (χ1n) is 5.66. The lowest BCUT2D eigenvalue weighted by molar-refractivity contribution is 0.197. The Morgan fingerprint density at radius 2 is 1.78 bits per heavy atom. The standard InChI is InChI=1S/C9H20N4.H2O4S/c1-8-2-5-13(6-3-8)7-4-12-9(10)11;1-5(2,3)4/h8H,2-7H2,1H3,(H4,10,11,12);(H2,1,2,3,4). The molecule has 1 saturated heterocycles. The molecule has 1 fully saturated rings. The summed E-state index contributed by atoms with van der Waals surface area (Å²) in [5.74, 6) is 1.09. The van der Waals surface area contributed by atoms with E-state index in [2.05, 4.69) is 16.8 Å². The maximum absolute atomic E-state index is 8.74. The molecule has 6 N–H and O–H groups in total. The highest BCUT2D eigenvalue weighted by Gasteiger charge is 2.14. The molecule has 0 spiro atoms. The zero-order valence-corrected chi connectivity index (χ0v) is 11.3. The zero-order chi connectivity index (χ0) is 14.2. The molecule has 0 amide bonds. The van der Waals surface area contributed by atoms with Crippen molar-refractivity contribution in [2.45, 2.75) is 19.8 Å². The topological polar surface area (TPSA) is 142 Å². The fourth-order valence-corrected chi connectivity index (χ4v) is 1.61. The number of nitrogens with zero attached hydrogens (tertiary/aromatic N) is 2. The van der Waals surface area contributed by atoms with E-state index >= 15 is 0 Å². The molecule has 0 unspecified atom stereocenters. The van der Waals surface area contributed by atoms with E-state index in [4.69, 9.17) is 29.0 Å². The Bertz CT molecular complexity index is 338. The molecule has 0 aromatic carbocycles. The number of hydrogen-bond donors (Lipinski definition) is 4. The summed E-state index contributed by atoms with van der Waals surface area (Å²) < 4.78 is 31.6. The molecule has 0 saturated carbocycles. The SMILES string of the molecule is CC1CCN(CCN=C(N)N)CC1.O=S(=O)(O)O. The smallest absolute Gasteiger partial charge is 0.370 e. The van der Waals surface area contributed by atoms with E-state index in [1.54, 1.807) is 0 Å². The van der Waals surface area contributed by atoms with Crippen LogP contribution in [0.15, 0.2) is 4.99 Å². The molecule has 0 atom stereocenters. The van der Waals surface area contributed by atoms with Crippen molar-refractivity contribution in [3.05, 3.63) is 0 Å². The van der Waals surface area contributed by atoms with Crippen molar-refractivity contribution in [3.8, 4) is 0 Å². The van der Waals surface area contributed by atoms with Crippen LogP contribution >= 0.6 is 0 Å². The zero-order valence-electron chi connectivity index (χ0n) is 10.5. The van der Waals surface area contributed by atoms with Gasteiger partial charge in [0.1, 0.15) is 0 Å². The van der Waals surface area contributed by atoms with Crippen LogP contribution < -0.4 is 11.5 Å². The van der Waals surface area contributed by atoms with Crippen LogP contribution in [0.1, 0.15) is 19.8 Å². The van der Waals surface area contributed by atoms with Gasteiger partial charge in [-0.05, 0) is 31.8 Å². The summed E-state index contributed by atoms with van der Waals surface area (Å²) in [4.78, 5) is 6.39. The molecule has 1 aliphatic rings. The lowest BCUT2D eigenvalue weighted by atomic mass is 9.99. The maximum atomic E-state index is 8.74. The third-order valence-corrected chi connectivity index (χ3v) is 2.59. The predicted molar refractivity (Wildman–Crippen MR) is 69.7 cm³/mol. The van der Waals surface area contributed by atoms with Crippen LogP contribution in [0.3, 0.4) is 0 Å². The molecule has 9 heteroatoms. The van der Waals surface area contributed by atoms with Gasteiger partial charge in [0.05, 0.1) is 6.54 Å². The second-order valence-electron chi connectivity index (χ2n) is 4.28. The van der Waals surface area contributed by atoms with Crippen molar-refractivity contribution in [2.24, 2.45) is 22.4 Å². The minimum atomic E-state index is -4.67. The quantitative estimate of drug-likeness (QED) is 0.305. The Kier molecular flexibility index (Phi) is 7.83. The summed E-state index contributed by atoms with van der Waals surface area (Å²) in [6.07, 6.45) is 2.61. The average molecular weight is 282 g/mol. The molecule has 1 rings (SSSR count). The van der Waals surface area contributed by atoms with Gasteiger partial charge in [-0.15, -0.1) is 0 Å². The lowest BCUT2D eigenvalue weighted by Crippen LogP contribution is -2.35. The number of hydrogen-bond acceptors (Lipinski definition) is 4. The van der Waals surface area contributed by atoms with E-state index in [0.29, 0.717) is 0 Å². The first kappa shape index (κ1) is 17.1. The van der Waals surface area contributed by atoms with E-state index in [0.717, 1.165) is 19.0 Å². The first-order valence-corrected chi connectivity index (χ1v) is 7.06. The number of piperidine rings is 1. The van der Waals surface area contributed by atoms with Gasteiger partial charge in [0.2, 0.25) is 0 Å². The summed E-state index contributed by atoms with van der Waals surface area (Å²) in [5, 5.41) is 0. The summed E-state index contributed by atoms with van der Waals surface area (Å²) in [6.45, 7) is 6.43. The molecule has 0 aromatic heterocycles. The van der Waals surface area contributed by atoms with Crippen molar-refractivity contribution >= 4 is 16.4 Å². The Labute approximate surface area is 108 Å². The van der Waals surface area contributed by atoms with Crippen molar-refractivity contribution in [3.63, 3.8) is 0 Å². The highest BCUT2D eigenvalue weighted by atomic mass is 32.3. The van der Waals surface area contributed by atoms with Crippen molar-refractivity contribution in [2.75, 3.05) is 26.2 Å². The van der Waals surface area contributed by atoms with Gasteiger partial charge in [0.15, 0.2) is 5.96 Å². The van der Waals surface area contributed by atoms with Crippen LogP contribution in [0.4, 0.5) is 0 Å². The lowest BCUT2D eigenvalue weighted by Gasteiger charge is -2.29. The maximum Gasteiger partial charge on any atom is 0.394 e. The van der Waals surface area contributed by atoms with Crippen molar-refractivity contribution in [1.82, 2.24) is 4.90 Å². The number of guanidine groups is 1. The van der Waals surface area contributed by atoms with Gasteiger partial charge < -0.3 is 16.4 Å². The average Bonchev–Trinajstić information content (AvgIpc) is 2.18. The largest absolute Gasteiger partial charge is 0.394 e. The Morgan fingerprint density at radius 1 is 1.33 bits per heavy atom. The Hall–Kier alpha value is -0.900. The first-order chi connectivity index (χ1) is 8.18. The van der Waals surface area contributed by atoms with Crippen LogP contribution in [0.5, 0.6) is 0 Å². The molecule has 0 bridgehead atoms. The molecule has 8 nitrogen and oxygen atoms in total. The van der Waals surface area contributed by atoms with E-state index in [1.165, 1.54) is 25.9 Å². The highest BCUT2D eigenvalue weighted by molar-refractivity contribution is 7.79. The van der Waals surface area contributed by atoms with Gasteiger partial charge in [-0.3, -0.25) is 14.1 Å². The van der Waals surface area contributed by atoms with Gasteiger partial charge in [0, 0.05) is 6.54 Å². The van der Waals surface area contributed by atoms with Crippen LogP contribution in [0, 0.1) is 5.92 Å². The molecule has 1 aliphatic heterocycles. The fourth-order valence-electron chi connectivity index (χ4n) is 1.61. The van der Waals surface area contributed by atoms with Crippen LogP contribution in [-0.4, -0.2) is 54.6 Å². The fraction of sp³-hybridized carbons (Fsp3) is 0.889. The molecule has 18 heavy (non-hydrogen) atoms. The number of nitrogens with two attached hydrogens (primary N) is 2. The predicted octanol–water partition coefficient (Wildman–Crippen LogP) is -0.661. The summed E-state index contributed by atoms with van der Waals surface area (Å²) in [6, 6.07) is 0. The second-order valence-corrected chi connectivity index (χ2v) is 5.17. The van der Waals surface area contributed by atoms with Gasteiger partial charge in [-0.2, -0.15) is 8.42 Å². The van der Waals surface area contributed by atoms with Crippen LogP contribution in [0.2, 0.25) is 0 Å². The third kappa shape index (κ3) is 13.2. The third-order valence-electron chi connectivity index (χ3n) is 2.59. The minimum absolute atomic E-state index is 0.199. The summed E-state index contributed by atoms with van der Waals surface area (Å²) >= 11 is 0. The van der Waals surface area contributed by atoms with Gasteiger partial charge >= 0.3 is 10.4 Å².